The van der Waals surface area contributed by atoms with E-state index in [9.17, 15) is 9.59 Å². The Morgan fingerprint density at radius 3 is 2.41 bits per heavy atom. The Labute approximate surface area is 159 Å². The summed E-state index contributed by atoms with van der Waals surface area (Å²) in [5.41, 5.74) is 0.680. The molecular weight excluding hydrogens is 338 g/mol. The van der Waals surface area contributed by atoms with Gasteiger partial charge in [0.2, 0.25) is 0 Å². The van der Waals surface area contributed by atoms with Crippen LogP contribution in [0.4, 0.5) is 0 Å². The van der Waals surface area contributed by atoms with Crippen molar-refractivity contribution in [2.75, 3.05) is 0 Å². The van der Waals surface area contributed by atoms with Crippen LogP contribution >= 0.6 is 0 Å². The first-order chi connectivity index (χ1) is 13.1. The van der Waals surface area contributed by atoms with Crippen LogP contribution in [0, 0.1) is 0 Å². The van der Waals surface area contributed by atoms with Crippen molar-refractivity contribution >= 4 is 16.7 Å². The van der Waals surface area contributed by atoms with E-state index in [1.807, 2.05) is 31.2 Å². The lowest BCUT2D eigenvalue weighted by Gasteiger charge is -2.15. The molecule has 0 saturated carbocycles. The van der Waals surface area contributed by atoms with Crippen molar-refractivity contribution in [3.05, 3.63) is 70.6 Å². The number of fused-ring (bicyclic) bond motifs is 1. The van der Waals surface area contributed by atoms with E-state index in [2.05, 4.69) is 17.3 Å². The molecule has 0 aliphatic carbocycles. The molecule has 1 aromatic heterocycles. The number of hydrogen-bond donors (Lipinski definition) is 1. The Morgan fingerprint density at radius 2 is 1.70 bits per heavy atom. The first-order valence-electron chi connectivity index (χ1n) is 9.50. The molecule has 140 valence electrons. The van der Waals surface area contributed by atoms with Crippen LogP contribution in [0.3, 0.4) is 0 Å². The largest absolute Gasteiger partial charge is 0.348 e. The number of nitrogens with one attached hydrogen (secondary N) is 1. The third-order valence-corrected chi connectivity index (χ3v) is 4.64. The number of carbonyl (C=O) groups is 1. The molecule has 1 unspecified atom stereocenters. The van der Waals surface area contributed by atoms with E-state index in [1.165, 1.54) is 4.68 Å². The van der Waals surface area contributed by atoms with E-state index in [4.69, 9.17) is 0 Å². The van der Waals surface area contributed by atoms with Gasteiger partial charge in [0.05, 0.1) is 11.1 Å². The van der Waals surface area contributed by atoms with E-state index in [0.29, 0.717) is 16.5 Å². The summed E-state index contributed by atoms with van der Waals surface area (Å²) in [5, 5.41) is 8.50. The van der Waals surface area contributed by atoms with Gasteiger partial charge in [-0.15, -0.1) is 0 Å². The first-order valence-corrected chi connectivity index (χ1v) is 9.50. The van der Waals surface area contributed by atoms with Gasteiger partial charge in [-0.25, -0.2) is 0 Å². The predicted octanol–water partition coefficient (Wildman–Crippen LogP) is 4.08. The summed E-state index contributed by atoms with van der Waals surface area (Å²) in [4.78, 5) is 25.8. The number of benzene rings is 2. The third-order valence-electron chi connectivity index (χ3n) is 4.64. The van der Waals surface area contributed by atoms with Crippen molar-refractivity contribution in [2.24, 2.45) is 0 Å². The zero-order valence-corrected chi connectivity index (χ0v) is 15.8. The van der Waals surface area contributed by atoms with Gasteiger partial charge < -0.3 is 5.32 Å². The van der Waals surface area contributed by atoms with Gasteiger partial charge in [-0.2, -0.15) is 9.78 Å². The zero-order valence-electron chi connectivity index (χ0n) is 15.8. The topological polar surface area (TPSA) is 64.0 Å². The smallest absolute Gasteiger partial charge is 0.279 e. The molecule has 1 heterocycles. The van der Waals surface area contributed by atoms with Crippen molar-refractivity contribution < 1.29 is 4.79 Å². The predicted molar refractivity (Wildman–Crippen MR) is 108 cm³/mol. The van der Waals surface area contributed by atoms with Gasteiger partial charge in [0.15, 0.2) is 5.69 Å². The van der Waals surface area contributed by atoms with Crippen LogP contribution in [0.15, 0.2) is 59.4 Å². The van der Waals surface area contributed by atoms with Crippen LogP contribution in [-0.2, 0) is 0 Å². The highest BCUT2D eigenvalue weighted by Crippen LogP contribution is 2.15. The lowest BCUT2D eigenvalue weighted by molar-refractivity contribution is 0.0933. The average molecular weight is 363 g/mol. The van der Waals surface area contributed by atoms with Gasteiger partial charge in [-0.05, 0) is 31.5 Å². The fourth-order valence-corrected chi connectivity index (χ4v) is 3.17. The number of amides is 1. The summed E-state index contributed by atoms with van der Waals surface area (Å²) in [6, 6.07) is 16.4. The van der Waals surface area contributed by atoms with Gasteiger partial charge in [-0.1, -0.05) is 62.6 Å². The Morgan fingerprint density at radius 1 is 1.04 bits per heavy atom. The minimum atomic E-state index is -0.250. The molecule has 5 nitrogen and oxygen atoms in total. The highest BCUT2D eigenvalue weighted by Gasteiger charge is 2.18. The van der Waals surface area contributed by atoms with Crippen LogP contribution in [0.25, 0.3) is 16.5 Å². The molecule has 5 heteroatoms. The highest BCUT2D eigenvalue weighted by molar-refractivity contribution is 6.04. The van der Waals surface area contributed by atoms with E-state index in [0.717, 1.165) is 25.7 Å². The summed E-state index contributed by atoms with van der Waals surface area (Å²) in [6.07, 6.45) is 4.31. The van der Waals surface area contributed by atoms with Gasteiger partial charge in [0.25, 0.3) is 11.5 Å². The fourth-order valence-electron chi connectivity index (χ4n) is 3.17. The van der Waals surface area contributed by atoms with Crippen LogP contribution in [-0.4, -0.2) is 21.7 Å². The van der Waals surface area contributed by atoms with Crippen molar-refractivity contribution in [1.29, 1.82) is 0 Å². The monoisotopic (exact) mass is 363 g/mol. The van der Waals surface area contributed by atoms with Crippen LogP contribution in [0.1, 0.15) is 50.0 Å². The third kappa shape index (κ3) is 4.25. The van der Waals surface area contributed by atoms with E-state index in [1.54, 1.807) is 30.3 Å². The molecule has 0 fully saturated rings. The normalized spacial score (nSPS) is 12.1. The minimum absolute atomic E-state index is 0.0571. The number of hydrogen-bond acceptors (Lipinski definition) is 3. The molecular formula is C22H25N3O2. The molecule has 1 atom stereocenters. The number of carbonyl (C=O) groups excluding carboxylic acids is 1. The van der Waals surface area contributed by atoms with E-state index >= 15 is 0 Å². The second kappa shape index (κ2) is 8.62. The summed E-state index contributed by atoms with van der Waals surface area (Å²) >= 11 is 0. The molecule has 3 rings (SSSR count). The average Bonchev–Trinajstić information content (AvgIpc) is 2.69. The van der Waals surface area contributed by atoms with E-state index in [-0.39, 0.29) is 23.2 Å². The Bertz CT molecular complexity index is 980. The van der Waals surface area contributed by atoms with Crippen molar-refractivity contribution in [1.82, 2.24) is 15.1 Å². The maximum Gasteiger partial charge on any atom is 0.279 e. The van der Waals surface area contributed by atoms with Crippen LogP contribution < -0.4 is 10.9 Å². The summed E-state index contributed by atoms with van der Waals surface area (Å²) in [5.74, 6) is -0.250. The Hall–Kier alpha value is -2.95. The maximum atomic E-state index is 12.9. The highest BCUT2D eigenvalue weighted by atomic mass is 16.2. The summed E-state index contributed by atoms with van der Waals surface area (Å²) < 4.78 is 1.30. The van der Waals surface area contributed by atoms with Gasteiger partial charge in [0.1, 0.15) is 0 Å². The molecule has 1 amide bonds. The molecule has 2 aromatic carbocycles. The zero-order chi connectivity index (χ0) is 19.2. The molecule has 3 aromatic rings. The van der Waals surface area contributed by atoms with Crippen molar-refractivity contribution in [2.45, 2.75) is 45.6 Å². The standard InChI is InChI=1S/C22H25N3O2/c1-3-4-6-11-16(2)23-21(26)20-18-14-9-10-15-19(18)22(27)25(24-20)17-12-7-5-8-13-17/h5,7-10,12-16H,3-4,6,11H2,1-2H3,(H,23,26). The molecule has 0 spiro atoms. The Balaban J connectivity index is 2.00. The maximum absolute atomic E-state index is 12.9. The lowest BCUT2D eigenvalue weighted by atomic mass is 10.1. The molecule has 0 bridgehead atoms. The van der Waals surface area contributed by atoms with Crippen molar-refractivity contribution in [3.63, 3.8) is 0 Å². The quantitative estimate of drug-likeness (QED) is 0.643. The van der Waals surface area contributed by atoms with Gasteiger partial charge in [-0.3, -0.25) is 9.59 Å². The molecule has 27 heavy (non-hydrogen) atoms. The minimum Gasteiger partial charge on any atom is -0.348 e. The number of aromatic nitrogens is 2. The number of rotatable bonds is 7. The van der Waals surface area contributed by atoms with E-state index < -0.39 is 0 Å². The van der Waals surface area contributed by atoms with Crippen molar-refractivity contribution in [3.8, 4) is 5.69 Å². The molecule has 0 radical (unpaired) electrons. The number of unbranched alkanes of at least 4 members (excludes halogenated alkanes) is 2. The van der Waals surface area contributed by atoms with Gasteiger partial charge in [0, 0.05) is 11.4 Å². The first kappa shape index (κ1) is 18.8. The lowest BCUT2D eigenvalue weighted by Crippen LogP contribution is -2.35. The Kier molecular flexibility index (Phi) is 6.01. The molecule has 0 saturated heterocycles. The van der Waals surface area contributed by atoms with Gasteiger partial charge >= 0.3 is 0 Å². The SMILES string of the molecule is CCCCCC(C)NC(=O)c1nn(-c2ccccc2)c(=O)c2ccccc12. The molecule has 0 aliphatic rings. The number of para-hydroxylation sites is 1. The summed E-state index contributed by atoms with van der Waals surface area (Å²) in [7, 11) is 0. The number of nitrogens with zero attached hydrogens (tertiary/aromatic N) is 2. The molecule has 1 N–H and O–H groups in total. The summed E-state index contributed by atoms with van der Waals surface area (Å²) in [6.45, 7) is 4.16. The molecule has 0 aliphatic heterocycles. The van der Waals surface area contributed by atoms with Crippen LogP contribution in [0.5, 0.6) is 0 Å². The second-order valence-electron chi connectivity index (χ2n) is 6.82. The van der Waals surface area contributed by atoms with Crippen LogP contribution in [0.2, 0.25) is 0 Å². The second-order valence-corrected chi connectivity index (χ2v) is 6.82. The fraction of sp³-hybridized carbons (Fsp3) is 0.318.